The first-order valence-electron chi connectivity index (χ1n) is 1.11. The van der Waals surface area contributed by atoms with Crippen LogP contribution in [0.15, 0.2) is 0 Å². The number of rotatable bonds is 0. The first-order valence-corrected chi connectivity index (χ1v) is 2.50. The second kappa shape index (κ2) is 7.79. The Kier molecular flexibility index (Phi) is 13.8. The predicted octanol–water partition coefficient (Wildman–Crippen LogP) is -2.32. The maximum absolute atomic E-state index is 8.74. The monoisotopic (exact) mass is 201 g/mol. The molecule has 3 N–H and O–H groups in total. The van der Waals surface area contributed by atoms with Gasteiger partial charge in [-0.25, -0.2) is 0 Å². The van der Waals surface area contributed by atoms with Gasteiger partial charge in [-0.3, -0.25) is 19.2 Å². The zero-order valence-electron chi connectivity index (χ0n) is 3.79. The Morgan fingerprint density at radius 3 is 1.33 bits per heavy atom. The molecule has 0 aliphatic carbocycles. The molecule has 0 aromatic heterocycles. The van der Waals surface area contributed by atoms with Gasteiger partial charge in [-0.05, 0) is 0 Å². The van der Waals surface area contributed by atoms with E-state index in [1.165, 1.54) is 0 Å². The molecule has 7 nitrogen and oxygen atoms in total. The first kappa shape index (κ1) is 15.9. The Bertz CT molecular complexity index is 127. The van der Waals surface area contributed by atoms with Crippen molar-refractivity contribution in [3.05, 3.63) is 10.1 Å². The second-order valence-electron chi connectivity index (χ2n) is 0.531. The zero-order valence-corrected chi connectivity index (χ0v) is 5.71. The topological polar surface area (TPSA) is 129 Å². The van der Waals surface area contributed by atoms with Crippen molar-refractivity contribution in [3.63, 3.8) is 0 Å². The minimum atomic E-state index is -4.67. The molecule has 58 valence electrons. The average Bonchev–Trinajstić information content (AvgIpc) is 1.27. The molecule has 0 aliphatic rings. The Morgan fingerprint density at radius 1 is 1.33 bits per heavy atom. The van der Waals surface area contributed by atoms with Crippen LogP contribution in [0, 0.1) is 10.1 Å². The van der Waals surface area contributed by atoms with Crippen LogP contribution in [-0.2, 0) is 27.5 Å². The standard InChI is InChI=1S/Fe.HNO2.H2O4S/c;2-1-3;1-5(2,3)4/h;1H;(H2,1,2,3,4). The Hall–Kier alpha value is -0.211. The number of hydrogen-bond acceptors (Lipinski definition) is 4. The van der Waals surface area contributed by atoms with E-state index in [2.05, 4.69) is 0 Å². The van der Waals surface area contributed by atoms with Crippen molar-refractivity contribution < 1.29 is 39.9 Å². The van der Waals surface area contributed by atoms with Gasteiger partial charge in [0.2, 0.25) is 0 Å². The summed E-state index contributed by atoms with van der Waals surface area (Å²) in [5, 5.41) is 8.38. The van der Waals surface area contributed by atoms with Crippen LogP contribution in [0.4, 0.5) is 0 Å². The number of nitrogens with one attached hydrogen (secondary N) is 1. The van der Waals surface area contributed by atoms with E-state index in [1.54, 1.807) is 0 Å². The van der Waals surface area contributed by atoms with Crippen molar-refractivity contribution in [3.8, 4) is 0 Å². The molecule has 0 amide bonds. The van der Waals surface area contributed by atoms with Crippen molar-refractivity contribution in [1.29, 1.82) is 0 Å². The van der Waals surface area contributed by atoms with Gasteiger partial charge in [0.05, 0.1) is 0 Å². The molecule has 0 unspecified atom stereocenters. The van der Waals surface area contributed by atoms with Crippen molar-refractivity contribution in [1.82, 2.24) is 0 Å². The normalized spacial score (nSPS) is 7.78. The SMILES string of the molecule is O=S(=O)(O)O.O=[NH+][O-].[Fe]. The molecule has 0 rings (SSSR count). The van der Waals surface area contributed by atoms with Gasteiger partial charge in [0.25, 0.3) is 0 Å². The summed E-state index contributed by atoms with van der Waals surface area (Å²) in [7, 11) is -4.67. The molecule has 0 fully saturated rings. The molecule has 0 radical (unpaired) electrons. The summed E-state index contributed by atoms with van der Waals surface area (Å²) in [6.07, 6.45) is 0. The molecular formula is H3FeNO6S. The fourth-order valence-corrected chi connectivity index (χ4v) is 0. The Balaban J connectivity index is -0.0000000800. The Labute approximate surface area is 61.1 Å². The van der Waals surface area contributed by atoms with Gasteiger partial charge in [0, 0.05) is 22.4 Å². The molecular weight excluding hydrogens is 198 g/mol. The third-order valence-electron chi connectivity index (χ3n) is 0. The second-order valence-corrected chi connectivity index (χ2v) is 1.43. The van der Waals surface area contributed by atoms with Gasteiger partial charge in [-0.2, -0.15) is 8.42 Å². The maximum atomic E-state index is 8.74. The molecule has 0 bridgehead atoms. The zero-order chi connectivity index (χ0) is 7.21. The van der Waals surface area contributed by atoms with Gasteiger partial charge in [0.15, 0.2) is 0 Å². The van der Waals surface area contributed by atoms with E-state index >= 15 is 0 Å². The van der Waals surface area contributed by atoms with Gasteiger partial charge in [-0.1, -0.05) is 0 Å². The summed E-state index contributed by atoms with van der Waals surface area (Å²) in [5.41, 5.74) is 0. The predicted molar refractivity (Wildman–Crippen MR) is 21.9 cm³/mol. The van der Waals surface area contributed by atoms with Gasteiger partial charge < -0.3 is 0 Å². The molecule has 0 aromatic rings. The van der Waals surface area contributed by atoms with Crippen LogP contribution in [0.5, 0.6) is 0 Å². The van der Waals surface area contributed by atoms with Crippen LogP contribution in [0.25, 0.3) is 0 Å². The molecule has 0 aromatic carbocycles. The van der Waals surface area contributed by atoms with Gasteiger partial charge >= 0.3 is 10.4 Å². The van der Waals surface area contributed by atoms with Crippen LogP contribution in [0.2, 0.25) is 0 Å². The van der Waals surface area contributed by atoms with E-state index in [0.29, 0.717) is 0 Å². The molecule has 9 heavy (non-hydrogen) atoms. The summed E-state index contributed by atoms with van der Waals surface area (Å²) >= 11 is 0. The summed E-state index contributed by atoms with van der Waals surface area (Å²) < 4.78 is 31.6. The fourth-order valence-electron chi connectivity index (χ4n) is 0. The summed E-state index contributed by atoms with van der Waals surface area (Å²) in [6, 6.07) is 0. The summed E-state index contributed by atoms with van der Waals surface area (Å²) in [6.45, 7) is 0. The van der Waals surface area contributed by atoms with Crippen LogP contribution in [0.1, 0.15) is 0 Å². The van der Waals surface area contributed by atoms with Crippen LogP contribution in [-0.4, -0.2) is 17.5 Å². The molecule has 0 spiro atoms. The van der Waals surface area contributed by atoms with E-state index < -0.39 is 10.4 Å². The van der Waals surface area contributed by atoms with Crippen LogP contribution < -0.4 is 5.34 Å². The molecule has 0 aliphatic heterocycles. The third-order valence-corrected chi connectivity index (χ3v) is 0. The molecule has 0 saturated carbocycles. The first-order chi connectivity index (χ1) is 3.41. The minimum absolute atomic E-state index is 0. The van der Waals surface area contributed by atoms with Crippen molar-refractivity contribution in [2.24, 2.45) is 0 Å². The van der Waals surface area contributed by atoms with E-state index in [1.807, 2.05) is 0 Å². The molecule has 0 atom stereocenters. The van der Waals surface area contributed by atoms with E-state index in [4.69, 9.17) is 27.6 Å². The van der Waals surface area contributed by atoms with Crippen molar-refractivity contribution in [2.45, 2.75) is 0 Å². The maximum Gasteiger partial charge on any atom is 0.394 e. The fraction of sp³-hybridized carbons (Fsp3) is 0. The average molecular weight is 201 g/mol. The van der Waals surface area contributed by atoms with E-state index in [9.17, 15) is 0 Å². The van der Waals surface area contributed by atoms with Crippen LogP contribution >= 0.6 is 0 Å². The largest absolute Gasteiger partial charge is 0.394 e. The van der Waals surface area contributed by atoms with Crippen LogP contribution in [0.3, 0.4) is 0 Å². The quantitative estimate of drug-likeness (QED) is 0.174. The molecule has 0 heterocycles. The van der Waals surface area contributed by atoms with E-state index in [0.717, 1.165) is 0 Å². The smallest absolute Gasteiger partial charge is 0.267 e. The Morgan fingerprint density at radius 2 is 1.33 bits per heavy atom. The van der Waals surface area contributed by atoms with Gasteiger partial charge in [0.1, 0.15) is 0 Å². The molecule has 9 heteroatoms. The summed E-state index contributed by atoms with van der Waals surface area (Å²) in [5.74, 6) is 0. The molecule has 0 saturated heterocycles. The van der Waals surface area contributed by atoms with Crippen molar-refractivity contribution >= 4 is 10.4 Å². The summed E-state index contributed by atoms with van der Waals surface area (Å²) in [4.78, 5) is 8.12. The van der Waals surface area contributed by atoms with Crippen molar-refractivity contribution in [2.75, 3.05) is 0 Å². The third kappa shape index (κ3) is 5890. The number of hydrogen-bond donors (Lipinski definition) is 3. The minimum Gasteiger partial charge on any atom is -0.267 e. The van der Waals surface area contributed by atoms with E-state index in [-0.39, 0.29) is 22.4 Å². The van der Waals surface area contributed by atoms with Gasteiger partial charge in [-0.15, -0.1) is 0 Å².